The number of rotatable bonds is 4. The highest BCUT2D eigenvalue weighted by molar-refractivity contribution is 5.89. The van der Waals surface area contributed by atoms with Gasteiger partial charge in [0.1, 0.15) is 6.10 Å². The number of hydrogen-bond acceptors (Lipinski definition) is 3. The van der Waals surface area contributed by atoms with Crippen molar-refractivity contribution >= 4 is 5.97 Å². The molecule has 116 valence electrons. The van der Waals surface area contributed by atoms with E-state index in [9.17, 15) is 4.79 Å². The van der Waals surface area contributed by atoms with E-state index in [0.29, 0.717) is 17.6 Å². The van der Waals surface area contributed by atoms with Crippen molar-refractivity contribution in [2.24, 2.45) is 0 Å². The average molecular weight is 289 g/mol. The topological polar surface area (TPSA) is 29.5 Å². The van der Waals surface area contributed by atoms with Crippen molar-refractivity contribution in [2.75, 3.05) is 6.54 Å². The zero-order chi connectivity index (χ0) is 15.4. The lowest BCUT2D eigenvalue weighted by molar-refractivity contribution is 0.00812. The van der Waals surface area contributed by atoms with Crippen LogP contribution in [0.15, 0.2) is 24.3 Å². The highest BCUT2D eigenvalue weighted by Gasteiger charge is 2.26. The second kappa shape index (κ2) is 7.08. The third-order valence-corrected chi connectivity index (χ3v) is 4.44. The van der Waals surface area contributed by atoms with Crippen LogP contribution >= 0.6 is 0 Å². The van der Waals surface area contributed by atoms with Crippen molar-refractivity contribution in [1.82, 2.24) is 4.90 Å². The van der Waals surface area contributed by atoms with Gasteiger partial charge in [0.05, 0.1) is 5.56 Å². The van der Waals surface area contributed by atoms with Crippen LogP contribution in [-0.2, 0) is 4.74 Å². The molecule has 3 atom stereocenters. The first-order chi connectivity index (χ1) is 9.97. The predicted molar refractivity (Wildman–Crippen MR) is 85.5 cm³/mol. The van der Waals surface area contributed by atoms with Crippen LogP contribution in [0.1, 0.15) is 56.0 Å². The Kier molecular flexibility index (Phi) is 5.40. The molecule has 3 heteroatoms. The third kappa shape index (κ3) is 4.31. The average Bonchev–Trinajstić information content (AvgIpc) is 2.43. The molecule has 1 aromatic carbocycles. The van der Waals surface area contributed by atoms with Crippen molar-refractivity contribution in [3.63, 3.8) is 0 Å². The Hall–Kier alpha value is -1.35. The van der Waals surface area contributed by atoms with Gasteiger partial charge in [0, 0.05) is 18.6 Å². The number of ether oxygens (including phenoxy) is 1. The van der Waals surface area contributed by atoms with Crippen molar-refractivity contribution in [3.8, 4) is 0 Å². The Morgan fingerprint density at radius 2 is 1.81 bits per heavy atom. The van der Waals surface area contributed by atoms with E-state index in [1.807, 2.05) is 38.1 Å². The Morgan fingerprint density at radius 3 is 2.38 bits per heavy atom. The number of carbonyl (C=O) groups excluding carboxylic acids is 1. The smallest absolute Gasteiger partial charge is 0.338 e. The maximum absolute atomic E-state index is 12.1. The molecule has 0 amide bonds. The molecule has 3 nitrogen and oxygen atoms in total. The molecule has 0 bridgehead atoms. The SMILES string of the molecule is Cc1ccc(C(=O)O[C@H](C)CN2[C@H](C)CCC[C@H]2C)cc1. The van der Waals surface area contributed by atoms with E-state index in [-0.39, 0.29) is 12.1 Å². The Balaban J connectivity index is 1.90. The minimum atomic E-state index is -0.222. The fourth-order valence-electron chi connectivity index (χ4n) is 3.11. The third-order valence-electron chi connectivity index (χ3n) is 4.44. The molecule has 0 aromatic heterocycles. The minimum absolute atomic E-state index is 0.0817. The molecule has 2 rings (SSSR count). The van der Waals surface area contributed by atoms with E-state index in [4.69, 9.17) is 4.74 Å². The van der Waals surface area contributed by atoms with E-state index in [1.54, 1.807) is 0 Å². The maximum Gasteiger partial charge on any atom is 0.338 e. The largest absolute Gasteiger partial charge is 0.458 e. The zero-order valence-corrected chi connectivity index (χ0v) is 13.6. The van der Waals surface area contributed by atoms with Crippen LogP contribution < -0.4 is 0 Å². The van der Waals surface area contributed by atoms with Gasteiger partial charge in [0.25, 0.3) is 0 Å². The molecule has 0 N–H and O–H groups in total. The molecule has 1 aliphatic rings. The van der Waals surface area contributed by atoms with Crippen molar-refractivity contribution in [2.45, 2.75) is 65.1 Å². The van der Waals surface area contributed by atoms with Gasteiger partial charge in [0.15, 0.2) is 0 Å². The first-order valence-corrected chi connectivity index (χ1v) is 8.00. The van der Waals surface area contributed by atoms with Gasteiger partial charge < -0.3 is 4.74 Å². The summed E-state index contributed by atoms with van der Waals surface area (Å²) in [6, 6.07) is 8.70. The minimum Gasteiger partial charge on any atom is -0.458 e. The van der Waals surface area contributed by atoms with E-state index in [0.717, 1.165) is 12.1 Å². The van der Waals surface area contributed by atoms with Crippen LogP contribution in [0.4, 0.5) is 0 Å². The number of nitrogens with zero attached hydrogens (tertiary/aromatic N) is 1. The van der Waals surface area contributed by atoms with Gasteiger partial charge in [-0.05, 0) is 52.7 Å². The number of aryl methyl sites for hydroxylation is 1. The van der Waals surface area contributed by atoms with E-state index in [2.05, 4.69) is 18.7 Å². The summed E-state index contributed by atoms with van der Waals surface area (Å²) in [6.45, 7) is 9.35. The van der Waals surface area contributed by atoms with Gasteiger partial charge in [-0.15, -0.1) is 0 Å². The number of carbonyl (C=O) groups is 1. The summed E-state index contributed by atoms with van der Waals surface area (Å²) in [6.07, 6.45) is 3.70. The Bertz CT molecular complexity index is 459. The highest BCUT2D eigenvalue weighted by Crippen LogP contribution is 2.23. The molecule has 1 aromatic rings. The molecular weight excluding hydrogens is 262 g/mol. The van der Waals surface area contributed by atoms with E-state index < -0.39 is 0 Å². The first-order valence-electron chi connectivity index (χ1n) is 8.00. The number of benzene rings is 1. The summed E-state index contributed by atoms with van der Waals surface area (Å²) < 4.78 is 5.60. The maximum atomic E-state index is 12.1. The van der Waals surface area contributed by atoms with Crippen LogP contribution in [0.25, 0.3) is 0 Å². The van der Waals surface area contributed by atoms with Crippen molar-refractivity contribution in [1.29, 1.82) is 0 Å². The summed E-state index contributed by atoms with van der Waals surface area (Å²) in [5.41, 5.74) is 1.78. The summed E-state index contributed by atoms with van der Waals surface area (Å²) in [5, 5.41) is 0. The quantitative estimate of drug-likeness (QED) is 0.790. The summed E-state index contributed by atoms with van der Waals surface area (Å²) >= 11 is 0. The molecule has 1 fully saturated rings. The van der Waals surface area contributed by atoms with Gasteiger partial charge >= 0.3 is 5.97 Å². The molecular formula is C18H27NO2. The standard InChI is InChI=1S/C18H27NO2/c1-13-8-10-17(11-9-13)18(20)21-16(4)12-19-14(2)6-5-7-15(19)3/h8-11,14-16H,5-7,12H2,1-4H3/t14-,15-,16-/m1/s1. The second-order valence-electron chi connectivity index (χ2n) is 6.41. The van der Waals surface area contributed by atoms with Crippen LogP contribution in [-0.4, -0.2) is 35.6 Å². The molecule has 1 aliphatic heterocycles. The first kappa shape index (κ1) is 16.0. The molecule has 0 aliphatic carbocycles. The van der Waals surface area contributed by atoms with Crippen LogP contribution in [0.2, 0.25) is 0 Å². The van der Waals surface area contributed by atoms with Gasteiger partial charge in [-0.1, -0.05) is 24.1 Å². The lowest BCUT2D eigenvalue weighted by atomic mass is 9.97. The van der Waals surface area contributed by atoms with E-state index in [1.165, 1.54) is 19.3 Å². The molecule has 1 saturated heterocycles. The molecule has 21 heavy (non-hydrogen) atoms. The molecule has 0 radical (unpaired) electrons. The zero-order valence-electron chi connectivity index (χ0n) is 13.6. The number of piperidine rings is 1. The summed E-state index contributed by atoms with van der Waals surface area (Å²) in [7, 11) is 0. The van der Waals surface area contributed by atoms with Crippen LogP contribution in [0.3, 0.4) is 0 Å². The lowest BCUT2D eigenvalue weighted by Gasteiger charge is -2.40. The Labute approximate surface area is 128 Å². The summed E-state index contributed by atoms with van der Waals surface area (Å²) in [5.74, 6) is -0.222. The normalized spacial score (nSPS) is 24.6. The monoisotopic (exact) mass is 289 g/mol. The second-order valence-corrected chi connectivity index (χ2v) is 6.41. The van der Waals surface area contributed by atoms with Gasteiger partial charge in [-0.3, -0.25) is 4.90 Å². The molecule has 0 unspecified atom stereocenters. The predicted octanol–water partition coefficient (Wildman–Crippen LogP) is 3.80. The lowest BCUT2D eigenvalue weighted by Crippen LogP contribution is -2.47. The van der Waals surface area contributed by atoms with Crippen LogP contribution in [0, 0.1) is 6.92 Å². The van der Waals surface area contributed by atoms with Crippen molar-refractivity contribution < 1.29 is 9.53 Å². The molecule has 0 spiro atoms. The Morgan fingerprint density at radius 1 is 1.24 bits per heavy atom. The number of esters is 1. The van der Waals surface area contributed by atoms with Gasteiger partial charge in [-0.25, -0.2) is 4.79 Å². The summed E-state index contributed by atoms with van der Waals surface area (Å²) in [4.78, 5) is 14.6. The highest BCUT2D eigenvalue weighted by atomic mass is 16.5. The number of hydrogen-bond donors (Lipinski definition) is 0. The fraction of sp³-hybridized carbons (Fsp3) is 0.611. The fourth-order valence-corrected chi connectivity index (χ4v) is 3.11. The van der Waals surface area contributed by atoms with Gasteiger partial charge in [-0.2, -0.15) is 0 Å². The number of likely N-dealkylation sites (tertiary alicyclic amines) is 1. The van der Waals surface area contributed by atoms with E-state index >= 15 is 0 Å². The molecule has 0 saturated carbocycles. The van der Waals surface area contributed by atoms with Crippen LogP contribution in [0.5, 0.6) is 0 Å². The molecule has 1 heterocycles. The van der Waals surface area contributed by atoms with Crippen molar-refractivity contribution in [3.05, 3.63) is 35.4 Å². The van der Waals surface area contributed by atoms with Gasteiger partial charge in [0.2, 0.25) is 0 Å².